The Morgan fingerprint density at radius 3 is 2.86 bits per heavy atom. The third-order valence-corrected chi connectivity index (χ3v) is 5.17. The number of hydrogen-bond donors (Lipinski definition) is 3. The van der Waals surface area contributed by atoms with E-state index in [9.17, 15) is 9.59 Å². The van der Waals surface area contributed by atoms with Crippen LogP contribution in [0.5, 0.6) is 5.75 Å². The van der Waals surface area contributed by atoms with Crippen LogP contribution in [-0.4, -0.2) is 28.4 Å². The number of ether oxygens (including phenoxy) is 1. The van der Waals surface area contributed by atoms with E-state index in [1.54, 1.807) is 17.6 Å². The number of para-hydroxylation sites is 1. The maximum atomic E-state index is 12.2. The van der Waals surface area contributed by atoms with Crippen molar-refractivity contribution in [2.45, 2.75) is 26.2 Å². The first kappa shape index (κ1) is 19.6. The number of rotatable bonds is 8. The monoisotopic (exact) mass is 398 g/mol. The Hall–Kier alpha value is -3.13. The molecule has 1 unspecified atom stereocenters. The number of benzene rings is 1. The topological polar surface area (TPSA) is 110 Å². The van der Waals surface area contributed by atoms with Crippen LogP contribution in [0.25, 0.3) is 11.3 Å². The standard InChI is InChI=1S/C20H22N4O3S/c1-3-12(2)14-6-4-5-7-17(14)27-10-18(25)24-20-23-16(11-28-20)13-8-15(19(21)26)22-9-13/h4-9,11-12,22H,3,10H2,1-2H3,(H2,21,26)(H,23,24,25). The summed E-state index contributed by atoms with van der Waals surface area (Å²) in [7, 11) is 0. The highest BCUT2D eigenvalue weighted by Gasteiger charge is 2.13. The van der Waals surface area contributed by atoms with Gasteiger partial charge in [-0.05, 0) is 30.0 Å². The molecule has 0 saturated carbocycles. The highest BCUT2D eigenvalue weighted by Crippen LogP contribution is 2.29. The molecule has 2 heterocycles. The summed E-state index contributed by atoms with van der Waals surface area (Å²) in [6, 6.07) is 9.38. The number of aromatic amines is 1. The Labute approximate surface area is 166 Å². The number of hydrogen-bond acceptors (Lipinski definition) is 5. The molecule has 3 aromatic rings. The van der Waals surface area contributed by atoms with Gasteiger partial charge < -0.3 is 15.5 Å². The molecule has 1 aromatic carbocycles. The lowest BCUT2D eigenvalue weighted by atomic mass is 9.98. The smallest absolute Gasteiger partial charge is 0.265 e. The fourth-order valence-corrected chi connectivity index (χ4v) is 3.42. The van der Waals surface area contributed by atoms with Gasteiger partial charge in [-0.2, -0.15) is 0 Å². The van der Waals surface area contributed by atoms with Gasteiger partial charge in [-0.15, -0.1) is 11.3 Å². The minimum absolute atomic E-state index is 0.0989. The molecule has 1 atom stereocenters. The van der Waals surface area contributed by atoms with E-state index in [1.165, 1.54) is 11.3 Å². The second kappa shape index (κ2) is 8.71. The summed E-state index contributed by atoms with van der Waals surface area (Å²) in [5.41, 5.74) is 8.01. The van der Waals surface area contributed by atoms with Gasteiger partial charge >= 0.3 is 0 Å². The predicted molar refractivity (Wildman–Crippen MR) is 110 cm³/mol. The highest BCUT2D eigenvalue weighted by molar-refractivity contribution is 7.14. The number of nitrogens with two attached hydrogens (primary N) is 1. The molecule has 4 N–H and O–H groups in total. The van der Waals surface area contributed by atoms with E-state index in [0.29, 0.717) is 22.4 Å². The van der Waals surface area contributed by atoms with Crippen molar-refractivity contribution in [1.29, 1.82) is 0 Å². The third kappa shape index (κ3) is 4.58. The van der Waals surface area contributed by atoms with Gasteiger partial charge in [0.05, 0.1) is 5.69 Å². The summed E-state index contributed by atoms with van der Waals surface area (Å²) in [4.78, 5) is 30.6. The molecule has 0 aliphatic carbocycles. The number of carbonyl (C=O) groups is 2. The first-order chi connectivity index (χ1) is 13.5. The Morgan fingerprint density at radius 2 is 2.14 bits per heavy atom. The summed E-state index contributed by atoms with van der Waals surface area (Å²) < 4.78 is 5.72. The van der Waals surface area contributed by atoms with E-state index in [-0.39, 0.29) is 12.5 Å². The first-order valence-electron chi connectivity index (χ1n) is 8.93. The lowest BCUT2D eigenvalue weighted by Crippen LogP contribution is -2.20. The summed E-state index contributed by atoms with van der Waals surface area (Å²) >= 11 is 1.30. The van der Waals surface area contributed by atoms with Gasteiger partial charge in [-0.25, -0.2) is 4.98 Å². The molecule has 0 aliphatic rings. The van der Waals surface area contributed by atoms with E-state index in [2.05, 4.69) is 29.1 Å². The van der Waals surface area contributed by atoms with Crippen molar-refractivity contribution >= 4 is 28.3 Å². The molecular weight excluding hydrogens is 376 g/mol. The number of carbonyl (C=O) groups excluding carboxylic acids is 2. The van der Waals surface area contributed by atoms with Crippen molar-refractivity contribution in [3.8, 4) is 17.0 Å². The van der Waals surface area contributed by atoms with Gasteiger partial charge in [0.2, 0.25) is 0 Å². The number of primary amides is 1. The lowest BCUT2D eigenvalue weighted by Gasteiger charge is -2.15. The number of amides is 2. The van der Waals surface area contributed by atoms with Gasteiger partial charge in [-0.3, -0.25) is 14.9 Å². The lowest BCUT2D eigenvalue weighted by molar-refractivity contribution is -0.118. The van der Waals surface area contributed by atoms with Gasteiger partial charge in [0, 0.05) is 17.1 Å². The zero-order valence-electron chi connectivity index (χ0n) is 15.7. The minimum Gasteiger partial charge on any atom is -0.483 e. The van der Waals surface area contributed by atoms with Crippen LogP contribution in [0.3, 0.4) is 0 Å². The van der Waals surface area contributed by atoms with E-state index >= 15 is 0 Å². The number of thiazole rings is 1. The van der Waals surface area contributed by atoms with Crippen molar-refractivity contribution < 1.29 is 14.3 Å². The summed E-state index contributed by atoms with van der Waals surface area (Å²) in [5, 5.41) is 4.99. The predicted octanol–water partition coefficient (Wildman–Crippen LogP) is 3.77. The highest BCUT2D eigenvalue weighted by atomic mass is 32.1. The van der Waals surface area contributed by atoms with Gasteiger partial charge in [0.1, 0.15) is 11.4 Å². The molecule has 146 valence electrons. The third-order valence-electron chi connectivity index (χ3n) is 4.42. The van der Waals surface area contributed by atoms with Crippen LogP contribution >= 0.6 is 11.3 Å². The average molecular weight is 398 g/mol. The zero-order valence-corrected chi connectivity index (χ0v) is 16.5. The van der Waals surface area contributed by atoms with Crippen molar-refractivity contribution in [2.24, 2.45) is 5.73 Å². The normalized spacial score (nSPS) is 11.8. The Balaban J connectivity index is 1.60. The van der Waals surface area contributed by atoms with Crippen LogP contribution in [-0.2, 0) is 4.79 Å². The first-order valence-corrected chi connectivity index (χ1v) is 9.81. The molecule has 2 aromatic heterocycles. The fourth-order valence-electron chi connectivity index (χ4n) is 2.69. The second-order valence-corrected chi connectivity index (χ2v) is 7.25. The van der Waals surface area contributed by atoms with Crippen LogP contribution < -0.4 is 15.8 Å². The molecule has 0 fully saturated rings. The number of nitrogens with zero attached hydrogens (tertiary/aromatic N) is 1. The molecule has 7 nitrogen and oxygen atoms in total. The Kier molecular flexibility index (Phi) is 6.10. The summed E-state index contributed by atoms with van der Waals surface area (Å²) in [5.74, 6) is 0.252. The van der Waals surface area contributed by atoms with Gasteiger partial charge in [0.25, 0.3) is 11.8 Å². The molecule has 0 radical (unpaired) electrons. The Bertz CT molecular complexity index is 979. The summed E-state index contributed by atoms with van der Waals surface area (Å²) in [6.07, 6.45) is 2.64. The summed E-state index contributed by atoms with van der Waals surface area (Å²) in [6.45, 7) is 4.15. The van der Waals surface area contributed by atoms with Crippen molar-refractivity contribution in [3.05, 3.63) is 53.2 Å². The number of nitrogens with one attached hydrogen (secondary N) is 2. The molecule has 3 rings (SSSR count). The molecule has 0 bridgehead atoms. The van der Waals surface area contributed by atoms with E-state index < -0.39 is 5.91 Å². The van der Waals surface area contributed by atoms with E-state index in [1.807, 2.05) is 24.3 Å². The molecule has 28 heavy (non-hydrogen) atoms. The van der Waals surface area contributed by atoms with E-state index in [0.717, 1.165) is 23.3 Å². The van der Waals surface area contributed by atoms with Crippen molar-refractivity contribution in [1.82, 2.24) is 9.97 Å². The number of aromatic nitrogens is 2. The van der Waals surface area contributed by atoms with Crippen LogP contribution in [0.1, 0.15) is 42.2 Å². The Morgan fingerprint density at radius 1 is 1.36 bits per heavy atom. The zero-order chi connectivity index (χ0) is 20.1. The minimum atomic E-state index is -0.537. The van der Waals surface area contributed by atoms with Crippen LogP contribution in [0, 0.1) is 0 Å². The molecule has 0 saturated heterocycles. The maximum Gasteiger partial charge on any atom is 0.265 e. The fraction of sp³-hybridized carbons (Fsp3) is 0.250. The van der Waals surface area contributed by atoms with Crippen LogP contribution in [0.15, 0.2) is 41.9 Å². The largest absolute Gasteiger partial charge is 0.483 e. The van der Waals surface area contributed by atoms with Crippen molar-refractivity contribution in [2.75, 3.05) is 11.9 Å². The second-order valence-electron chi connectivity index (χ2n) is 6.39. The van der Waals surface area contributed by atoms with Crippen LogP contribution in [0.4, 0.5) is 5.13 Å². The molecule has 8 heteroatoms. The quantitative estimate of drug-likeness (QED) is 0.536. The molecular formula is C20H22N4O3S. The average Bonchev–Trinajstić information content (AvgIpc) is 3.35. The SMILES string of the molecule is CCC(C)c1ccccc1OCC(=O)Nc1nc(-c2c[nH]c(C(N)=O)c2)cs1. The molecule has 0 spiro atoms. The number of H-pyrrole nitrogens is 1. The maximum absolute atomic E-state index is 12.2. The number of anilines is 1. The van der Waals surface area contributed by atoms with Crippen LogP contribution in [0.2, 0.25) is 0 Å². The van der Waals surface area contributed by atoms with Gasteiger partial charge in [-0.1, -0.05) is 32.0 Å². The van der Waals surface area contributed by atoms with Crippen molar-refractivity contribution in [3.63, 3.8) is 0 Å². The van der Waals surface area contributed by atoms with E-state index in [4.69, 9.17) is 10.5 Å². The molecule has 0 aliphatic heterocycles. The molecule has 2 amide bonds. The van der Waals surface area contributed by atoms with Gasteiger partial charge in [0.15, 0.2) is 11.7 Å².